The lowest BCUT2D eigenvalue weighted by Gasteiger charge is -2.17. The van der Waals surface area contributed by atoms with Crippen molar-refractivity contribution in [3.05, 3.63) is 40.6 Å². The van der Waals surface area contributed by atoms with Crippen LogP contribution in [-0.2, 0) is 15.0 Å². The van der Waals surface area contributed by atoms with Crippen molar-refractivity contribution in [2.45, 2.75) is 40.0 Å². The summed E-state index contributed by atoms with van der Waals surface area (Å²) in [5, 5.41) is 12.0. The average molecular weight is 481 g/mol. The molecule has 0 unspecified atom stereocenters. The Labute approximate surface area is 197 Å². The maximum atomic E-state index is 12.5. The van der Waals surface area contributed by atoms with Crippen molar-refractivity contribution in [2.75, 3.05) is 5.43 Å². The summed E-state index contributed by atoms with van der Waals surface area (Å²) in [6, 6.07) is 3.83. The van der Waals surface area contributed by atoms with E-state index in [-0.39, 0.29) is 5.41 Å². The molecule has 0 bridgehead atoms. The number of nitrogens with zero attached hydrogens (tertiary/aromatic N) is 5. The average Bonchev–Trinajstić information content (AvgIpc) is 3.52. The second-order valence-electron chi connectivity index (χ2n) is 8.69. The first-order valence-corrected chi connectivity index (χ1v) is 11.9. The number of imide groups is 1. The van der Waals surface area contributed by atoms with Gasteiger partial charge in [0, 0.05) is 17.1 Å². The largest absolute Gasteiger partial charge is 0.419 e. The maximum absolute atomic E-state index is 12.5. The molecule has 168 valence electrons. The smallest absolute Gasteiger partial charge is 0.275 e. The molecule has 11 heteroatoms. The van der Waals surface area contributed by atoms with E-state index in [0.717, 1.165) is 20.3 Å². The lowest BCUT2D eigenvalue weighted by Crippen LogP contribution is -2.36. The molecule has 4 aromatic heterocycles. The number of anilines is 1. The number of hydrogen-bond donors (Lipinski definition) is 1. The van der Waals surface area contributed by atoms with Crippen LogP contribution < -0.4 is 5.43 Å². The van der Waals surface area contributed by atoms with Crippen LogP contribution in [0, 0.1) is 6.92 Å². The molecule has 1 aliphatic heterocycles. The van der Waals surface area contributed by atoms with Gasteiger partial charge < -0.3 is 4.42 Å². The van der Waals surface area contributed by atoms with Gasteiger partial charge in [-0.15, -0.1) is 32.9 Å². The Balaban J connectivity index is 1.67. The fraction of sp³-hybridized carbons (Fsp3) is 0.273. The fourth-order valence-corrected chi connectivity index (χ4v) is 5.12. The molecule has 0 fully saturated rings. The van der Waals surface area contributed by atoms with Gasteiger partial charge >= 0.3 is 0 Å². The zero-order chi connectivity index (χ0) is 23.5. The summed E-state index contributed by atoms with van der Waals surface area (Å²) < 4.78 is 5.96. The molecule has 5 heterocycles. The molecule has 0 aromatic carbocycles. The highest BCUT2D eigenvalue weighted by atomic mass is 32.1. The molecular weight excluding hydrogens is 460 g/mol. The number of thiophene rings is 2. The second kappa shape index (κ2) is 7.56. The highest BCUT2D eigenvalue weighted by Crippen LogP contribution is 2.41. The molecule has 0 saturated heterocycles. The molecule has 0 aliphatic carbocycles. The Morgan fingerprint density at radius 3 is 2.52 bits per heavy atom. The fourth-order valence-electron chi connectivity index (χ4n) is 3.36. The van der Waals surface area contributed by atoms with Crippen molar-refractivity contribution in [3.63, 3.8) is 0 Å². The number of amides is 2. The van der Waals surface area contributed by atoms with Crippen LogP contribution in [0.15, 0.2) is 33.6 Å². The lowest BCUT2D eigenvalue weighted by atomic mass is 9.97. The minimum atomic E-state index is -0.443. The van der Waals surface area contributed by atoms with E-state index in [4.69, 9.17) is 9.40 Å². The van der Waals surface area contributed by atoms with E-state index in [9.17, 15) is 9.59 Å². The summed E-state index contributed by atoms with van der Waals surface area (Å²) in [6.45, 7) is 9.52. The van der Waals surface area contributed by atoms with Gasteiger partial charge in [-0.3, -0.25) is 15.0 Å². The predicted molar refractivity (Wildman–Crippen MR) is 127 cm³/mol. The number of nitrogens with one attached hydrogen (secondary N) is 1. The van der Waals surface area contributed by atoms with Crippen molar-refractivity contribution in [2.24, 2.45) is 0 Å². The van der Waals surface area contributed by atoms with Crippen LogP contribution >= 0.6 is 22.7 Å². The number of aromatic nitrogens is 4. The van der Waals surface area contributed by atoms with Crippen molar-refractivity contribution in [1.82, 2.24) is 25.2 Å². The molecule has 0 spiro atoms. The van der Waals surface area contributed by atoms with E-state index in [1.165, 1.54) is 28.7 Å². The van der Waals surface area contributed by atoms with E-state index in [0.29, 0.717) is 39.2 Å². The molecule has 0 radical (unpaired) electrons. The number of aryl methyl sites for hydroxylation is 1. The third-order valence-corrected chi connectivity index (χ3v) is 7.15. The van der Waals surface area contributed by atoms with E-state index in [1.807, 2.05) is 45.2 Å². The van der Waals surface area contributed by atoms with Gasteiger partial charge in [0.05, 0.1) is 15.1 Å². The number of carbonyl (C=O) groups is 2. The van der Waals surface area contributed by atoms with E-state index < -0.39 is 11.8 Å². The van der Waals surface area contributed by atoms with Crippen LogP contribution in [-0.4, -0.2) is 37.0 Å². The zero-order valence-corrected chi connectivity index (χ0v) is 20.2. The van der Waals surface area contributed by atoms with Gasteiger partial charge in [0.15, 0.2) is 11.6 Å². The summed E-state index contributed by atoms with van der Waals surface area (Å²) in [5.41, 5.74) is 3.83. The number of carbonyl (C=O) groups excluding carboxylic acids is 2. The van der Waals surface area contributed by atoms with Crippen molar-refractivity contribution in [3.8, 4) is 21.5 Å². The molecule has 0 atom stereocenters. The first kappa shape index (κ1) is 21.4. The van der Waals surface area contributed by atoms with Gasteiger partial charge in [0.2, 0.25) is 5.89 Å². The Kier molecular flexibility index (Phi) is 4.91. The highest BCUT2D eigenvalue weighted by Gasteiger charge is 2.31. The molecule has 1 N–H and O–H groups in total. The van der Waals surface area contributed by atoms with E-state index in [1.54, 1.807) is 6.92 Å². The van der Waals surface area contributed by atoms with Gasteiger partial charge in [-0.25, -0.2) is 9.97 Å². The normalized spacial score (nSPS) is 14.5. The van der Waals surface area contributed by atoms with Crippen LogP contribution in [0.5, 0.6) is 0 Å². The third-order valence-electron chi connectivity index (χ3n) is 5.11. The van der Waals surface area contributed by atoms with Crippen LogP contribution in [0.2, 0.25) is 0 Å². The molecule has 4 aromatic rings. The summed E-state index contributed by atoms with van der Waals surface area (Å²) >= 11 is 2.91. The van der Waals surface area contributed by atoms with E-state index >= 15 is 0 Å². The number of fused-ring (bicyclic) bond motifs is 1. The molecule has 0 saturated carbocycles. The zero-order valence-electron chi connectivity index (χ0n) is 18.6. The van der Waals surface area contributed by atoms with Crippen molar-refractivity contribution in [1.29, 1.82) is 0 Å². The molecule has 5 rings (SSSR count). The Bertz CT molecular complexity index is 1440. The summed E-state index contributed by atoms with van der Waals surface area (Å²) in [6.07, 6.45) is 1.30. The molecule has 1 aliphatic rings. The first-order chi connectivity index (χ1) is 15.6. The van der Waals surface area contributed by atoms with Gasteiger partial charge in [-0.05, 0) is 30.9 Å². The monoisotopic (exact) mass is 480 g/mol. The quantitative estimate of drug-likeness (QED) is 0.418. The minimum absolute atomic E-state index is 0.282. The summed E-state index contributed by atoms with van der Waals surface area (Å²) in [5.74, 6) is 0.940. The maximum Gasteiger partial charge on any atom is 0.275 e. The molecule has 9 nitrogen and oxygen atoms in total. The van der Waals surface area contributed by atoms with Crippen molar-refractivity contribution >= 4 is 50.5 Å². The Morgan fingerprint density at radius 2 is 1.91 bits per heavy atom. The van der Waals surface area contributed by atoms with Gasteiger partial charge in [-0.1, -0.05) is 26.8 Å². The van der Waals surface area contributed by atoms with Crippen LogP contribution in [0.4, 0.5) is 5.82 Å². The second-order valence-corrected chi connectivity index (χ2v) is 10.6. The molecule has 33 heavy (non-hydrogen) atoms. The van der Waals surface area contributed by atoms with Crippen LogP contribution in [0.3, 0.4) is 0 Å². The molecule has 2 amide bonds. The first-order valence-electron chi connectivity index (χ1n) is 10.2. The Hall–Kier alpha value is -3.44. The number of rotatable bonds is 4. The van der Waals surface area contributed by atoms with Crippen LogP contribution in [0.1, 0.15) is 39.1 Å². The van der Waals surface area contributed by atoms with Gasteiger partial charge in [-0.2, -0.15) is 5.01 Å². The number of hydrazine groups is 1. The number of hydrogen-bond acceptors (Lipinski definition) is 10. The lowest BCUT2D eigenvalue weighted by molar-refractivity contribution is -0.135. The van der Waals surface area contributed by atoms with Gasteiger partial charge in [0.1, 0.15) is 4.83 Å². The van der Waals surface area contributed by atoms with Crippen molar-refractivity contribution < 1.29 is 14.0 Å². The van der Waals surface area contributed by atoms with E-state index in [2.05, 4.69) is 20.6 Å². The summed E-state index contributed by atoms with van der Waals surface area (Å²) in [4.78, 5) is 36.6. The SMILES string of the molecule is CC1=CC(=O)N(Nc2nc(-c3cccs3)nc3sc(-c4nnc(C(C)(C)C)o4)c(C)c23)C1=O. The topological polar surface area (TPSA) is 114 Å². The van der Waals surface area contributed by atoms with Gasteiger partial charge in [0.25, 0.3) is 17.7 Å². The molecular formula is C22H20N6O3S2. The minimum Gasteiger partial charge on any atom is -0.419 e. The summed E-state index contributed by atoms with van der Waals surface area (Å²) in [7, 11) is 0. The highest BCUT2D eigenvalue weighted by molar-refractivity contribution is 7.22. The Morgan fingerprint density at radius 1 is 1.12 bits per heavy atom. The third kappa shape index (κ3) is 3.62. The predicted octanol–water partition coefficient (Wildman–Crippen LogP) is 4.72. The van der Waals surface area contributed by atoms with Crippen LogP contribution in [0.25, 0.3) is 31.7 Å². The standard InChI is InChI=1S/C22H20N6O3S2/c1-10-9-13(29)28(20(10)30)27-17-14-11(2)15(18-25-26-21(31-18)22(3,4)5)33-19(14)24-16(23-17)12-7-6-8-32-12/h6-9H,1-5H3,(H,23,24,27).